The molecule has 0 saturated carbocycles. The lowest BCUT2D eigenvalue weighted by Crippen LogP contribution is -2.25. The summed E-state index contributed by atoms with van der Waals surface area (Å²) in [5.41, 5.74) is 2.94. The van der Waals surface area contributed by atoms with Gasteiger partial charge < -0.3 is 5.11 Å². The van der Waals surface area contributed by atoms with Crippen molar-refractivity contribution in [2.24, 2.45) is 0 Å². The van der Waals surface area contributed by atoms with Gasteiger partial charge in [-0.25, -0.2) is 4.79 Å². The van der Waals surface area contributed by atoms with Crippen molar-refractivity contribution in [1.82, 2.24) is 0 Å². The summed E-state index contributed by atoms with van der Waals surface area (Å²) < 4.78 is 0.959. The van der Waals surface area contributed by atoms with Gasteiger partial charge in [0.25, 0.3) is 0 Å². The highest BCUT2D eigenvalue weighted by Gasteiger charge is 2.38. The smallest absolute Gasteiger partial charge is 0.335 e. The maximum Gasteiger partial charge on any atom is 0.335 e. The molecule has 0 fully saturated rings. The van der Waals surface area contributed by atoms with Crippen LogP contribution in [0, 0.1) is 0 Å². The number of carboxylic acids is 1. The van der Waals surface area contributed by atoms with Gasteiger partial charge in [0.15, 0.2) is 0 Å². The molecule has 0 radical (unpaired) electrons. The molecule has 3 aromatic carbocycles. The first kappa shape index (κ1) is 20.0. The number of carbonyl (C=O) groups is 2. The molecule has 1 heterocycles. The molecule has 0 bridgehead atoms. The van der Waals surface area contributed by atoms with Gasteiger partial charge in [-0.05, 0) is 60.0 Å². The van der Waals surface area contributed by atoms with Gasteiger partial charge in [0.2, 0.25) is 5.91 Å². The van der Waals surface area contributed by atoms with Crippen LogP contribution in [-0.2, 0) is 11.2 Å². The SMILES string of the molecule is O=C(O)c1ccc2c(c1)N(c1cc(Cl)cc(Cl)c1)C(=O)C2Cc1ccc(Br)cc1. The number of aromatic carboxylic acids is 1. The number of hydrogen-bond donors (Lipinski definition) is 1. The van der Waals surface area contributed by atoms with Crippen molar-refractivity contribution in [3.63, 3.8) is 0 Å². The zero-order chi connectivity index (χ0) is 20.7. The van der Waals surface area contributed by atoms with E-state index in [0.717, 1.165) is 15.6 Å². The van der Waals surface area contributed by atoms with Crippen molar-refractivity contribution in [3.8, 4) is 0 Å². The van der Waals surface area contributed by atoms with Crippen molar-refractivity contribution >= 4 is 62.4 Å². The lowest BCUT2D eigenvalue weighted by Gasteiger charge is -2.19. The van der Waals surface area contributed by atoms with Crippen molar-refractivity contribution in [1.29, 1.82) is 0 Å². The largest absolute Gasteiger partial charge is 0.478 e. The second-order valence-electron chi connectivity index (χ2n) is 6.76. The van der Waals surface area contributed by atoms with E-state index in [4.69, 9.17) is 23.2 Å². The molecule has 1 unspecified atom stereocenters. The van der Waals surface area contributed by atoms with Crippen LogP contribution in [0.2, 0.25) is 10.0 Å². The minimum Gasteiger partial charge on any atom is -0.478 e. The molecule has 1 aliphatic rings. The Labute approximate surface area is 185 Å². The number of amides is 1. The Balaban J connectivity index is 1.82. The Morgan fingerprint density at radius 2 is 1.66 bits per heavy atom. The van der Waals surface area contributed by atoms with Crippen LogP contribution in [0.15, 0.2) is 65.1 Å². The van der Waals surface area contributed by atoms with Gasteiger partial charge in [-0.3, -0.25) is 9.69 Å². The molecule has 1 amide bonds. The first-order chi connectivity index (χ1) is 13.8. The molecule has 0 aliphatic carbocycles. The highest BCUT2D eigenvalue weighted by atomic mass is 79.9. The fraction of sp³-hybridized carbons (Fsp3) is 0.0909. The number of nitrogens with zero attached hydrogens (tertiary/aromatic N) is 1. The lowest BCUT2D eigenvalue weighted by molar-refractivity contribution is -0.118. The standard InChI is InChI=1S/C22H14BrCl2NO3/c23-14-4-1-12(2-5-14)7-19-18-6-3-13(22(28)29)8-20(18)26(21(19)27)17-10-15(24)9-16(25)11-17/h1-6,8-11,19H,7H2,(H,28,29). The van der Waals surface area contributed by atoms with E-state index < -0.39 is 11.9 Å². The summed E-state index contributed by atoms with van der Waals surface area (Å²) in [6, 6.07) is 17.4. The van der Waals surface area contributed by atoms with E-state index in [0.29, 0.717) is 27.8 Å². The summed E-state index contributed by atoms with van der Waals surface area (Å²) in [4.78, 5) is 26.4. The van der Waals surface area contributed by atoms with Crippen LogP contribution in [0.4, 0.5) is 11.4 Å². The monoisotopic (exact) mass is 489 g/mol. The van der Waals surface area contributed by atoms with E-state index in [1.807, 2.05) is 24.3 Å². The van der Waals surface area contributed by atoms with E-state index in [2.05, 4.69) is 15.9 Å². The van der Waals surface area contributed by atoms with Crippen LogP contribution in [0.1, 0.15) is 27.4 Å². The lowest BCUT2D eigenvalue weighted by atomic mass is 9.92. The number of fused-ring (bicyclic) bond motifs is 1. The average Bonchev–Trinajstić information content (AvgIpc) is 2.93. The third-order valence-electron chi connectivity index (χ3n) is 4.87. The number of halogens is 3. The maximum absolute atomic E-state index is 13.4. The van der Waals surface area contributed by atoms with Gasteiger partial charge in [-0.2, -0.15) is 0 Å². The third kappa shape index (κ3) is 3.90. The Kier molecular flexibility index (Phi) is 5.38. The van der Waals surface area contributed by atoms with Crippen molar-refractivity contribution in [2.75, 3.05) is 4.90 Å². The number of hydrogen-bond acceptors (Lipinski definition) is 2. The van der Waals surface area contributed by atoms with E-state index >= 15 is 0 Å². The summed E-state index contributed by atoms with van der Waals surface area (Å²) in [5.74, 6) is -1.64. The second kappa shape index (κ2) is 7.82. The van der Waals surface area contributed by atoms with Gasteiger partial charge in [0.05, 0.1) is 22.9 Å². The number of rotatable bonds is 4. The topological polar surface area (TPSA) is 57.6 Å². The average molecular weight is 491 g/mol. The van der Waals surface area contributed by atoms with Crippen molar-refractivity contribution in [2.45, 2.75) is 12.3 Å². The van der Waals surface area contributed by atoms with E-state index in [1.54, 1.807) is 24.3 Å². The fourth-order valence-electron chi connectivity index (χ4n) is 3.56. The molecule has 7 heteroatoms. The first-order valence-corrected chi connectivity index (χ1v) is 10.3. The number of benzene rings is 3. The first-order valence-electron chi connectivity index (χ1n) is 8.75. The van der Waals surface area contributed by atoms with Gasteiger partial charge in [0.1, 0.15) is 0 Å². The van der Waals surface area contributed by atoms with E-state index in [9.17, 15) is 14.7 Å². The third-order valence-corrected chi connectivity index (χ3v) is 5.84. The van der Waals surface area contributed by atoms with Crippen LogP contribution in [-0.4, -0.2) is 17.0 Å². The highest BCUT2D eigenvalue weighted by molar-refractivity contribution is 9.10. The Morgan fingerprint density at radius 1 is 1.00 bits per heavy atom. The quantitative estimate of drug-likeness (QED) is 0.456. The minimum atomic E-state index is -1.05. The molecule has 4 rings (SSSR count). The predicted molar refractivity (Wildman–Crippen MR) is 118 cm³/mol. The molecular weight excluding hydrogens is 477 g/mol. The number of carboxylic acid groups (broad SMARTS) is 1. The molecule has 1 atom stereocenters. The van der Waals surface area contributed by atoms with Gasteiger partial charge >= 0.3 is 5.97 Å². The fourth-order valence-corrected chi connectivity index (χ4v) is 4.34. The van der Waals surface area contributed by atoms with E-state index in [-0.39, 0.29) is 11.5 Å². The summed E-state index contributed by atoms with van der Waals surface area (Å²) in [5, 5.41) is 10.2. The number of carbonyl (C=O) groups excluding carboxylic acids is 1. The zero-order valence-electron chi connectivity index (χ0n) is 14.9. The predicted octanol–water partition coefficient (Wildman–Crippen LogP) is 6.46. The van der Waals surface area contributed by atoms with Gasteiger partial charge in [-0.1, -0.05) is 57.3 Å². The molecule has 0 saturated heterocycles. The molecule has 1 N–H and O–H groups in total. The normalized spacial score (nSPS) is 15.5. The molecule has 1 aliphatic heterocycles. The summed E-state index contributed by atoms with van der Waals surface area (Å²) >= 11 is 15.7. The van der Waals surface area contributed by atoms with Crippen LogP contribution in [0.5, 0.6) is 0 Å². The zero-order valence-corrected chi connectivity index (χ0v) is 18.0. The Morgan fingerprint density at radius 3 is 2.28 bits per heavy atom. The van der Waals surface area contributed by atoms with Crippen molar-refractivity contribution < 1.29 is 14.7 Å². The molecule has 3 aromatic rings. The number of anilines is 2. The summed E-state index contributed by atoms with van der Waals surface area (Å²) in [7, 11) is 0. The molecule has 4 nitrogen and oxygen atoms in total. The molecule has 0 spiro atoms. The molecule has 0 aromatic heterocycles. The Bertz CT molecular complexity index is 1110. The minimum absolute atomic E-state index is 0.110. The summed E-state index contributed by atoms with van der Waals surface area (Å²) in [6.45, 7) is 0. The van der Waals surface area contributed by atoms with Crippen LogP contribution < -0.4 is 4.90 Å². The second-order valence-corrected chi connectivity index (χ2v) is 8.55. The van der Waals surface area contributed by atoms with E-state index in [1.165, 1.54) is 17.0 Å². The van der Waals surface area contributed by atoms with Gasteiger partial charge in [0, 0.05) is 14.5 Å². The van der Waals surface area contributed by atoms with Gasteiger partial charge in [-0.15, -0.1) is 0 Å². The summed E-state index contributed by atoms with van der Waals surface area (Å²) in [6.07, 6.45) is 0.496. The molecule has 29 heavy (non-hydrogen) atoms. The Hall–Kier alpha value is -2.34. The van der Waals surface area contributed by atoms with Crippen LogP contribution in [0.3, 0.4) is 0 Å². The highest BCUT2D eigenvalue weighted by Crippen LogP contribution is 2.45. The molecular formula is C22H14BrCl2NO3. The molecule has 146 valence electrons. The van der Waals surface area contributed by atoms with Crippen molar-refractivity contribution in [3.05, 3.63) is 91.9 Å². The van der Waals surface area contributed by atoms with Crippen LogP contribution >= 0.6 is 39.1 Å². The van der Waals surface area contributed by atoms with Crippen LogP contribution in [0.25, 0.3) is 0 Å². The maximum atomic E-state index is 13.4.